The lowest BCUT2D eigenvalue weighted by Gasteiger charge is -2.19. The number of rotatable bonds is 6. The molecule has 1 aromatic rings. The maximum atomic E-state index is 12.4. The molecule has 0 saturated heterocycles. The van der Waals surface area contributed by atoms with Gasteiger partial charge in [0.05, 0.1) is 11.4 Å². The van der Waals surface area contributed by atoms with Gasteiger partial charge >= 0.3 is 0 Å². The van der Waals surface area contributed by atoms with E-state index in [0.717, 1.165) is 5.69 Å². The topological polar surface area (TPSA) is 76.1 Å². The Morgan fingerprint density at radius 1 is 1.36 bits per heavy atom. The van der Waals surface area contributed by atoms with Crippen molar-refractivity contribution in [2.45, 2.75) is 58.6 Å². The van der Waals surface area contributed by atoms with Crippen LogP contribution in [0.3, 0.4) is 0 Å². The summed E-state index contributed by atoms with van der Waals surface area (Å²) in [5.41, 5.74) is 0.774. The Morgan fingerprint density at radius 3 is 2.36 bits per heavy atom. The molecular formula is C15H26N2O3S2. The maximum absolute atomic E-state index is 12.4. The molecule has 0 aliphatic rings. The van der Waals surface area contributed by atoms with E-state index in [-0.39, 0.29) is 17.1 Å². The first kappa shape index (κ1) is 19.1. The van der Waals surface area contributed by atoms with Crippen LogP contribution in [0.1, 0.15) is 53.7 Å². The molecule has 1 aromatic heterocycles. The smallest absolute Gasteiger partial charge is 0.244 e. The Labute approximate surface area is 137 Å². The number of carbonyl (C=O) groups is 1. The third kappa shape index (κ3) is 4.78. The van der Waals surface area contributed by atoms with Crippen molar-refractivity contribution in [1.82, 2.24) is 4.98 Å². The Morgan fingerprint density at radius 2 is 1.95 bits per heavy atom. The van der Waals surface area contributed by atoms with E-state index in [2.05, 4.69) is 10.3 Å². The molecule has 0 saturated carbocycles. The second-order valence-electron chi connectivity index (χ2n) is 6.81. The molecule has 0 spiro atoms. The molecule has 1 unspecified atom stereocenters. The molecule has 1 rings (SSSR count). The standard InChI is InChI=1S/C15H26N2O3S2/c1-7-8-22(19,20)12(10(2)3)13(18)17-14-16-11(9-21-14)15(4,5)6/h9-10,12H,7-8H2,1-6H3,(H,16,17,18). The zero-order valence-corrected chi connectivity index (χ0v) is 15.8. The molecular weight excluding hydrogens is 320 g/mol. The van der Waals surface area contributed by atoms with Crippen LogP contribution in [0.25, 0.3) is 0 Å². The minimum absolute atomic E-state index is 0.0222. The van der Waals surface area contributed by atoms with Crippen molar-refractivity contribution < 1.29 is 13.2 Å². The van der Waals surface area contributed by atoms with Crippen molar-refractivity contribution in [3.05, 3.63) is 11.1 Å². The second kappa shape index (κ2) is 7.08. The number of nitrogens with one attached hydrogen (secondary N) is 1. The summed E-state index contributed by atoms with van der Waals surface area (Å²) in [4.78, 5) is 16.8. The fraction of sp³-hybridized carbons (Fsp3) is 0.733. The number of hydrogen-bond donors (Lipinski definition) is 1. The summed E-state index contributed by atoms with van der Waals surface area (Å²) in [6.07, 6.45) is 0.504. The molecule has 0 bridgehead atoms. The van der Waals surface area contributed by atoms with Gasteiger partial charge in [-0.05, 0) is 12.3 Å². The highest BCUT2D eigenvalue weighted by Gasteiger charge is 2.35. The van der Waals surface area contributed by atoms with Gasteiger partial charge in [0.25, 0.3) is 0 Å². The van der Waals surface area contributed by atoms with Gasteiger partial charge in [-0.15, -0.1) is 11.3 Å². The van der Waals surface area contributed by atoms with E-state index in [0.29, 0.717) is 11.6 Å². The van der Waals surface area contributed by atoms with Crippen molar-refractivity contribution in [3.63, 3.8) is 0 Å². The van der Waals surface area contributed by atoms with Gasteiger partial charge in [0, 0.05) is 10.8 Å². The predicted octanol–water partition coefficient (Wildman–Crippen LogP) is 3.23. The van der Waals surface area contributed by atoms with Crippen molar-refractivity contribution in [1.29, 1.82) is 0 Å². The van der Waals surface area contributed by atoms with Gasteiger partial charge in [0.2, 0.25) is 5.91 Å². The summed E-state index contributed by atoms with van der Waals surface area (Å²) in [6, 6.07) is 0. The number of thiazole rings is 1. The molecule has 22 heavy (non-hydrogen) atoms. The van der Waals surface area contributed by atoms with Gasteiger partial charge in [-0.1, -0.05) is 41.5 Å². The number of anilines is 1. The predicted molar refractivity (Wildman–Crippen MR) is 92.1 cm³/mol. The Bertz CT molecular complexity index is 613. The van der Waals surface area contributed by atoms with E-state index in [1.165, 1.54) is 11.3 Å². The van der Waals surface area contributed by atoms with Crippen LogP contribution in [-0.2, 0) is 20.0 Å². The normalized spacial score (nSPS) is 14.1. The molecule has 0 aromatic carbocycles. The van der Waals surface area contributed by atoms with E-state index in [1.807, 2.05) is 26.2 Å². The number of carbonyl (C=O) groups excluding carboxylic acids is 1. The highest BCUT2D eigenvalue weighted by molar-refractivity contribution is 7.92. The molecule has 0 aliphatic carbocycles. The largest absolute Gasteiger partial charge is 0.301 e. The minimum atomic E-state index is -3.45. The average molecular weight is 347 g/mol. The average Bonchev–Trinajstić information content (AvgIpc) is 2.75. The van der Waals surface area contributed by atoms with Crippen LogP contribution in [0.5, 0.6) is 0 Å². The molecule has 0 fully saturated rings. The fourth-order valence-corrected chi connectivity index (χ4v) is 5.12. The van der Waals surface area contributed by atoms with Crippen LogP contribution in [-0.4, -0.2) is 30.3 Å². The number of nitrogens with zero attached hydrogens (tertiary/aromatic N) is 1. The third-order valence-electron chi connectivity index (χ3n) is 3.24. The van der Waals surface area contributed by atoms with Gasteiger partial charge in [-0.25, -0.2) is 13.4 Å². The minimum Gasteiger partial charge on any atom is -0.301 e. The number of aromatic nitrogens is 1. The van der Waals surface area contributed by atoms with E-state index in [9.17, 15) is 13.2 Å². The molecule has 7 heteroatoms. The lowest BCUT2D eigenvalue weighted by molar-refractivity contribution is -0.116. The SMILES string of the molecule is CCCS(=O)(=O)C(C(=O)Nc1nc(C(C)(C)C)cs1)C(C)C. The van der Waals surface area contributed by atoms with Crippen LogP contribution in [0.15, 0.2) is 5.38 Å². The molecule has 0 radical (unpaired) electrons. The molecule has 5 nitrogen and oxygen atoms in total. The van der Waals surface area contributed by atoms with Gasteiger partial charge < -0.3 is 5.32 Å². The molecule has 0 aliphatic heterocycles. The molecule has 1 N–H and O–H groups in total. The number of amides is 1. The van der Waals surface area contributed by atoms with Gasteiger partial charge in [-0.2, -0.15) is 0 Å². The van der Waals surface area contributed by atoms with E-state index in [1.54, 1.807) is 20.8 Å². The lowest BCUT2D eigenvalue weighted by atomic mass is 9.93. The van der Waals surface area contributed by atoms with Gasteiger partial charge in [-0.3, -0.25) is 4.79 Å². The van der Waals surface area contributed by atoms with Crippen LogP contribution in [0.2, 0.25) is 0 Å². The quantitative estimate of drug-likeness (QED) is 0.858. The van der Waals surface area contributed by atoms with Crippen molar-refractivity contribution in [2.24, 2.45) is 5.92 Å². The molecule has 1 heterocycles. The first-order valence-electron chi connectivity index (χ1n) is 7.47. The number of hydrogen-bond acceptors (Lipinski definition) is 5. The fourth-order valence-electron chi connectivity index (χ4n) is 2.14. The Hall–Kier alpha value is -0.950. The van der Waals surface area contributed by atoms with Crippen LogP contribution in [0, 0.1) is 5.92 Å². The summed E-state index contributed by atoms with van der Waals surface area (Å²) in [6.45, 7) is 11.4. The molecule has 1 atom stereocenters. The second-order valence-corrected chi connectivity index (χ2v) is 9.91. The maximum Gasteiger partial charge on any atom is 0.244 e. The summed E-state index contributed by atoms with van der Waals surface area (Å²) in [5, 5.41) is 3.98. The van der Waals surface area contributed by atoms with Crippen molar-refractivity contribution in [2.75, 3.05) is 11.1 Å². The zero-order valence-electron chi connectivity index (χ0n) is 14.1. The van der Waals surface area contributed by atoms with E-state index >= 15 is 0 Å². The first-order valence-corrected chi connectivity index (χ1v) is 10.1. The summed E-state index contributed by atoms with van der Waals surface area (Å²) in [5.74, 6) is -0.745. The lowest BCUT2D eigenvalue weighted by Crippen LogP contribution is -2.40. The Balaban J connectivity index is 2.96. The first-order chi connectivity index (χ1) is 9.99. The summed E-state index contributed by atoms with van der Waals surface area (Å²) >= 11 is 1.32. The zero-order chi connectivity index (χ0) is 17.1. The van der Waals surface area contributed by atoms with Crippen LogP contribution >= 0.6 is 11.3 Å². The summed E-state index contributed by atoms with van der Waals surface area (Å²) < 4.78 is 24.6. The monoisotopic (exact) mass is 346 g/mol. The summed E-state index contributed by atoms with van der Waals surface area (Å²) in [7, 11) is -3.45. The van der Waals surface area contributed by atoms with E-state index in [4.69, 9.17) is 0 Å². The van der Waals surface area contributed by atoms with Crippen molar-refractivity contribution in [3.8, 4) is 0 Å². The molecule has 1 amide bonds. The van der Waals surface area contributed by atoms with Crippen molar-refractivity contribution >= 4 is 32.2 Å². The van der Waals surface area contributed by atoms with E-state index < -0.39 is 21.0 Å². The number of sulfone groups is 1. The van der Waals surface area contributed by atoms with Gasteiger partial charge in [0.15, 0.2) is 15.0 Å². The highest BCUT2D eigenvalue weighted by atomic mass is 32.2. The highest BCUT2D eigenvalue weighted by Crippen LogP contribution is 2.27. The van der Waals surface area contributed by atoms with Crippen LogP contribution < -0.4 is 5.32 Å². The van der Waals surface area contributed by atoms with Gasteiger partial charge in [0.1, 0.15) is 5.25 Å². The Kier molecular flexibility index (Phi) is 6.15. The van der Waals surface area contributed by atoms with Crippen LogP contribution in [0.4, 0.5) is 5.13 Å². The third-order valence-corrected chi connectivity index (χ3v) is 6.51. The molecule has 126 valence electrons.